The monoisotopic (exact) mass is 808 g/mol. The van der Waals surface area contributed by atoms with Crippen molar-refractivity contribution >= 4 is 13.7 Å². The van der Waals surface area contributed by atoms with Crippen LogP contribution in [-0.2, 0) is 18.4 Å². The average molecular weight is 808 g/mol. The number of aliphatic hydroxyl groups is 7. The molecule has 0 aromatic rings. The van der Waals surface area contributed by atoms with E-state index in [1.165, 1.54) is 83.1 Å². The number of unbranched alkanes of at least 4 members (excludes halogenated alkanes) is 19. The zero-order valence-corrected chi connectivity index (χ0v) is 34.7. The molecule has 1 rings (SSSR count). The first-order valence-corrected chi connectivity index (χ1v) is 22.9. The summed E-state index contributed by atoms with van der Waals surface area (Å²) < 4.78 is 22.8. The molecule has 1 aliphatic carbocycles. The lowest BCUT2D eigenvalue weighted by atomic mass is 9.85. The van der Waals surface area contributed by atoms with Crippen molar-refractivity contribution in [1.82, 2.24) is 5.32 Å². The van der Waals surface area contributed by atoms with Crippen LogP contribution in [0.3, 0.4) is 0 Å². The molecular formula is C41H78NO12P. The second kappa shape index (κ2) is 31.7. The van der Waals surface area contributed by atoms with Crippen molar-refractivity contribution in [3.05, 3.63) is 24.3 Å². The Balaban J connectivity index is 2.59. The predicted molar refractivity (Wildman–Crippen MR) is 215 cm³/mol. The van der Waals surface area contributed by atoms with Gasteiger partial charge in [0, 0.05) is 0 Å². The minimum Gasteiger partial charge on any atom is -0.393 e. The maximum absolute atomic E-state index is 12.9. The molecule has 0 bridgehead atoms. The fourth-order valence-corrected chi connectivity index (χ4v) is 7.66. The number of phosphoric ester groups is 1. The Kier molecular flexibility index (Phi) is 29.9. The van der Waals surface area contributed by atoms with Crippen LogP contribution in [0.5, 0.6) is 0 Å². The topological polar surface area (TPSA) is 226 Å². The van der Waals surface area contributed by atoms with Gasteiger partial charge < -0.3 is 46.0 Å². The largest absolute Gasteiger partial charge is 0.472 e. The lowest BCUT2D eigenvalue weighted by molar-refractivity contribution is -0.220. The van der Waals surface area contributed by atoms with E-state index in [-0.39, 0.29) is 6.42 Å². The maximum Gasteiger partial charge on any atom is 0.472 e. The van der Waals surface area contributed by atoms with Crippen molar-refractivity contribution in [3.63, 3.8) is 0 Å². The summed E-state index contributed by atoms with van der Waals surface area (Å²) in [6.07, 6.45) is 18.7. The lowest BCUT2D eigenvalue weighted by Gasteiger charge is -2.41. The van der Waals surface area contributed by atoms with Crippen LogP contribution < -0.4 is 5.32 Å². The molecule has 1 saturated carbocycles. The van der Waals surface area contributed by atoms with Crippen LogP contribution in [0.25, 0.3) is 0 Å². The minimum absolute atomic E-state index is 0.260. The van der Waals surface area contributed by atoms with E-state index in [2.05, 4.69) is 31.3 Å². The first-order valence-electron chi connectivity index (χ1n) is 21.4. The van der Waals surface area contributed by atoms with E-state index in [0.29, 0.717) is 19.3 Å². The molecule has 55 heavy (non-hydrogen) atoms. The molecule has 0 radical (unpaired) electrons. The molecule has 8 atom stereocenters. The summed E-state index contributed by atoms with van der Waals surface area (Å²) in [5.74, 6) is -0.609. The first-order chi connectivity index (χ1) is 26.3. The number of phosphoric acid groups is 1. The fraction of sp³-hybridized carbons (Fsp3) is 0.878. The van der Waals surface area contributed by atoms with E-state index in [4.69, 9.17) is 9.05 Å². The third-order valence-electron chi connectivity index (χ3n) is 10.3. The molecule has 14 heteroatoms. The number of hydrogen-bond donors (Lipinski definition) is 9. The third kappa shape index (κ3) is 24.3. The number of rotatable bonds is 34. The highest BCUT2D eigenvalue weighted by atomic mass is 31.2. The Morgan fingerprint density at radius 1 is 0.636 bits per heavy atom. The molecule has 0 aromatic carbocycles. The van der Waals surface area contributed by atoms with Crippen LogP contribution in [0.4, 0.5) is 0 Å². The van der Waals surface area contributed by atoms with Crippen LogP contribution in [0.2, 0.25) is 0 Å². The summed E-state index contributed by atoms with van der Waals surface area (Å²) in [6.45, 7) is 3.65. The van der Waals surface area contributed by atoms with Gasteiger partial charge in [0.05, 0.1) is 31.3 Å². The van der Waals surface area contributed by atoms with Gasteiger partial charge in [-0.2, -0.15) is 0 Å². The SMILES string of the molecule is CCCC/C=C\CCCCC(O)CC(=O)NC(COP(=O)(O)OC1C(O)C(O)C(O)C(O)C1O)C(O)/C=C/CCCCCCCCCCCCCCCCC. The van der Waals surface area contributed by atoms with Gasteiger partial charge in [-0.05, 0) is 38.5 Å². The minimum atomic E-state index is -5.13. The molecule has 0 saturated heterocycles. The lowest BCUT2D eigenvalue weighted by Crippen LogP contribution is -2.64. The molecule has 9 N–H and O–H groups in total. The van der Waals surface area contributed by atoms with Gasteiger partial charge in [-0.1, -0.05) is 147 Å². The number of carbonyl (C=O) groups is 1. The van der Waals surface area contributed by atoms with Gasteiger partial charge in [0.15, 0.2) is 0 Å². The van der Waals surface area contributed by atoms with E-state index in [1.807, 2.05) is 0 Å². The molecule has 1 aliphatic rings. The van der Waals surface area contributed by atoms with E-state index in [1.54, 1.807) is 6.08 Å². The molecule has 13 nitrogen and oxygen atoms in total. The summed E-state index contributed by atoms with van der Waals surface area (Å²) in [6, 6.07) is -1.24. The average Bonchev–Trinajstić information content (AvgIpc) is 3.15. The van der Waals surface area contributed by atoms with Gasteiger partial charge in [0.25, 0.3) is 0 Å². The quantitative estimate of drug-likeness (QED) is 0.0207. The van der Waals surface area contributed by atoms with Crippen molar-refractivity contribution in [1.29, 1.82) is 0 Å². The Labute approximate surface area is 331 Å². The van der Waals surface area contributed by atoms with Crippen LogP contribution >= 0.6 is 7.82 Å². The van der Waals surface area contributed by atoms with Crippen LogP contribution in [0.1, 0.15) is 168 Å². The first kappa shape index (κ1) is 51.8. The number of allylic oxidation sites excluding steroid dienone is 3. The van der Waals surface area contributed by atoms with E-state index < -0.39 is 75.2 Å². The zero-order valence-electron chi connectivity index (χ0n) is 33.8. The van der Waals surface area contributed by atoms with E-state index >= 15 is 0 Å². The Hall–Kier alpha value is -1.22. The highest BCUT2D eigenvalue weighted by Crippen LogP contribution is 2.47. The van der Waals surface area contributed by atoms with Crippen molar-refractivity contribution < 1.29 is 59.0 Å². The Morgan fingerprint density at radius 3 is 1.60 bits per heavy atom. The molecule has 1 amide bonds. The van der Waals surface area contributed by atoms with Gasteiger partial charge in [-0.15, -0.1) is 0 Å². The number of nitrogens with one attached hydrogen (secondary N) is 1. The molecule has 8 unspecified atom stereocenters. The Morgan fingerprint density at radius 2 is 1.07 bits per heavy atom. The molecule has 0 aliphatic heterocycles. The third-order valence-corrected chi connectivity index (χ3v) is 11.3. The van der Waals surface area contributed by atoms with Gasteiger partial charge >= 0.3 is 7.82 Å². The summed E-state index contributed by atoms with van der Waals surface area (Å²) >= 11 is 0. The number of amides is 1. The summed E-state index contributed by atoms with van der Waals surface area (Å²) in [5.41, 5.74) is 0. The standard InChI is InChI=1S/C41H78NO12P/c1-3-5-7-9-11-13-14-15-16-17-18-19-20-21-23-25-27-29-34(44)33(42-35(45)30-32(43)28-26-24-22-12-10-8-6-4-2)31-53-55(51,52)54-41-39(49)37(47)36(46)38(48)40(41)50/h10,12,27,29,32-34,36-41,43-44,46-50H,3-9,11,13-26,28,30-31H2,1-2H3,(H,42,45)(H,51,52)/b12-10-,29-27+. The van der Waals surface area contributed by atoms with Crippen LogP contribution in [0.15, 0.2) is 24.3 Å². The predicted octanol–water partition coefficient (Wildman–Crippen LogP) is 6.03. The number of hydrogen-bond acceptors (Lipinski definition) is 11. The highest BCUT2D eigenvalue weighted by molar-refractivity contribution is 7.47. The summed E-state index contributed by atoms with van der Waals surface area (Å²) in [7, 11) is -5.13. The zero-order chi connectivity index (χ0) is 40.9. The van der Waals surface area contributed by atoms with E-state index in [0.717, 1.165) is 51.4 Å². The molecule has 0 heterocycles. The fourth-order valence-electron chi connectivity index (χ4n) is 6.69. The maximum atomic E-state index is 12.9. The molecule has 0 spiro atoms. The second-order valence-electron chi connectivity index (χ2n) is 15.4. The van der Waals surface area contributed by atoms with E-state index in [9.17, 15) is 50.0 Å². The van der Waals surface area contributed by atoms with Crippen molar-refractivity contribution in [2.45, 2.75) is 223 Å². The van der Waals surface area contributed by atoms with Crippen LogP contribution in [0, 0.1) is 0 Å². The van der Waals surface area contributed by atoms with Gasteiger partial charge in [0.1, 0.15) is 36.6 Å². The number of aliphatic hydroxyl groups excluding tert-OH is 7. The molecule has 1 fully saturated rings. The second-order valence-corrected chi connectivity index (χ2v) is 16.8. The summed E-state index contributed by atoms with van der Waals surface area (Å²) in [4.78, 5) is 23.3. The normalized spacial score (nSPS) is 24.6. The Bertz CT molecular complexity index is 1050. The van der Waals surface area contributed by atoms with Gasteiger partial charge in [-0.25, -0.2) is 4.57 Å². The van der Waals surface area contributed by atoms with Gasteiger partial charge in [-0.3, -0.25) is 13.8 Å². The number of carbonyl (C=O) groups excluding carboxylic acids is 1. The summed E-state index contributed by atoms with van der Waals surface area (Å²) in [5, 5.41) is 74.1. The molecular weight excluding hydrogens is 729 g/mol. The van der Waals surface area contributed by atoms with Gasteiger partial charge in [0.2, 0.25) is 5.91 Å². The molecule has 324 valence electrons. The van der Waals surface area contributed by atoms with Crippen molar-refractivity contribution in [2.24, 2.45) is 0 Å². The highest BCUT2D eigenvalue weighted by Gasteiger charge is 2.51. The smallest absolute Gasteiger partial charge is 0.393 e. The molecule has 0 aromatic heterocycles. The van der Waals surface area contributed by atoms with Crippen molar-refractivity contribution in [3.8, 4) is 0 Å². The van der Waals surface area contributed by atoms with Crippen molar-refractivity contribution in [2.75, 3.05) is 6.61 Å². The van der Waals surface area contributed by atoms with Crippen LogP contribution in [-0.4, -0.2) is 108 Å².